The summed E-state index contributed by atoms with van der Waals surface area (Å²) in [5.74, 6) is 0. The Morgan fingerprint density at radius 3 is 2.52 bits per heavy atom. The molecular weight excluding hydrogens is 475 g/mol. The molecule has 0 N–H and O–H groups in total. The molecule has 0 radical (unpaired) electrons. The van der Waals surface area contributed by atoms with Crippen LogP contribution in [0.5, 0.6) is 0 Å². The van der Waals surface area contributed by atoms with Crippen molar-refractivity contribution in [2.24, 2.45) is 0 Å². The van der Waals surface area contributed by atoms with Crippen molar-refractivity contribution in [3.8, 4) is 27.6 Å². The van der Waals surface area contributed by atoms with E-state index in [2.05, 4.69) is 10.2 Å². The van der Waals surface area contributed by atoms with E-state index in [1.54, 1.807) is 12.1 Å². The summed E-state index contributed by atoms with van der Waals surface area (Å²) in [5.41, 5.74) is 4.34. The third-order valence-corrected chi connectivity index (χ3v) is 7.04. The van der Waals surface area contributed by atoms with Gasteiger partial charge in [0.2, 0.25) is 0 Å². The summed E-state index contributed by atoms with van der Waals surface area (Å²) in [7, 11) is 0. The number of hydrogen-bond donors (Lipinski definition) is 0. The smallest absolute Gasteiger partial charge is 0.168 e. The number of ether oxygens (including phenoxy) is 1. The van der Waals surface area contributed by atoms with Gasteiger partial charge in [-0.1, -0.05) is 58.3 Å². The molecule has 2 aromatic heterocycles. The Labute approximate surface area is 198 Å². The first-order valence-corrected chi connectivity index (χ1v) is 11.7. The largest absolute Gasteiger partial charge is 0.371 e. The third kappa shape index (κ3) is 3.99. The standard InChI is InChI=1S/C22H17Cl3N4OS/c1-12-19(22-27-26-21(31-22)18-3-2-10-30-18)28-29(17-9-8-15(24)11-16(17)25)20(12)13-4-6-14(23)7-5-13/h4-9,11,18H,2-3,10H2,1H3. The van der Waals surface area contributed by atoms with Gasteiger partial charge in [-0.2, -0.15) is 5.10 Å². The minimum Gasteiger partial charge on any atom is -0.371 e. The monoisotopic (exact) mass is 490 g/mol. The van der Waals surface area contributed by atoms with Gasteiger partial charge in [0, 0.05) is 27.8 Å². The molecule has 9 heteroatoms. The van der Waals surface area contributed by atoms with Gasteiger partial charge in [0.05, 0.1) is 16.4 Å². The average molecular weight is 492 g/mol. The van der Waals surface area contributed by atoms with Crippen LogP contribution in [-0.2, 0) is 4.74 Å². The van der Waals surface area contributed by atoms with E-state index in [9.17, 15) is 0 Å². The number of aromatic nitrogens is 4. The fraction of sp³-hybridized carbons (Fsp3) is 0.227. The number of hydrogen-bond acceptors (Lipinski definition) is 5. The van der Waals surface area contributed by atoms with Crippen molar-refractivity contribution < 1.29 is 4.74 Å². The molecule has 0 saturated carbocycles. The van der Waals surface area contributed by atoms with Gasteiger partial charge in [-0.25, -0.2) is 4.68 Å². The maximum atomic E-state index is 6.54. The molecule has 0 amide bonds. The highest BCUT2D eigenvalue weighted by Crippen LogP contribution is 2.39. The maximum Gasteiger partial charge on any atom is 0.168 e. The summed E-state index contributed by atoms with van der Waals surface area (Å²) < 4.78 is 7.60. The van der Waals surface area contributed by atoms with Crippen LogP contribution in [0.3, 0.4) is 0 Å². The Hall–Kier alpha value is -1.96. The quantitative estimate of drug-likeness (QED) is 0.303. The van der Waals surface area contributed by atoms with Crippen molar-refractivity contribution in [1.82, 2.24) is 20.0 Å². The Kier molecular flexibility index (Phi) is 5.75. The zero-order chi connectivity index (χ0) is 21.5. The molecule has 3 heterocycles. The van der Waals surface area contributed by atoms with Crippen molar-refractivity contribution >= 4 is 46.1 Å². The molecule has 1 atom stereocenters. The zero-order valence-corrected chi connectivity index (χ0v) is 19.6. The second kappa shape index (κ2) is 8.52. The van der Waals surface area contributed by atoms with E-state index in [1.165, 1.54) is 11.3 Å². The average Bonchev–Trinajstić information content (AvgIpc) is 3.48. The second-order valence-electron chi connectivity index (χ2n) is 7.28. The summed E-state index contributed by atoms with van der Waals surface area (Å²) in [6.07, 6.45) is 2.04. The van der Waals surface area contributed by atoms with E-state index < -0.39 is 0 Å². The Balaban J connectivity index is 1.67. The number of benzene rings is 2. The Bertz CT molecular complexity index is 1250. The van der Waals surface area contributed by atoms with Crippen LogP contribution in [-0.4, -0.2) is 26.6 Å². The molecule has 0 aliphatic carbocycles. The molecule has 31 heavy (non-hydrogen) atoms. The van der Waals surface area contributed by atoms with Gasteiger partial charge in [0.25, 0.3) is 0 Å². The molecule has 4 aromatic rings. The van der Waals surface area contributed by atoms with E-state index in [0.29, 0.717) is 15.1 Å². The van der Waals surface area contributed by atoms with Crippen LogP contribution in [0, 0.1) is 6.92 Å². The van der Waals surface area contributed by atoms with Crippen LogP contribution in [0.1, 0.15) is 29.5 Å². The fourth-order valence-corrected chi connectivity index (χ4v) is 5.29. The Morgan fingerprint density at radius 1 is 1.03 bits per heavy atom. The topological polar surface area (TPSA) is 52.8 Å². The van der Waals surface area contributed by atoms with Gasteiger partial charge < -0.3 is 4.74 Å². The highest BCUT2D eigenvalue weighted by Gasteiger charge is 2.26. The van der Waals surface area contributed by atoms with Gasteiger partial charge >= 0.3 is 0 Å². The highest BCUT2D eigenvalue weighted by molar-refractivity contribution is 7.14. The molecule has 0 bridgehead atoms. The predicted molar refractivity (Wildman–Crippen MR) is 126 cm³/mol. The van der Waals surface area contributed by atoms with E-state index in [-0.39, 0.29) is 6.10 Å². The van der Waals surface area contributed by atoms with E-state index in [1.807, 2.05) is 41.9 Å². The Morgan fingerprint density at radius 2 is 1.81 bits per heavy atom. The molecule has 1 saturated heterocycles. The maximum absolute atomic E-state index is 6.54. The van der Waals surface area contributed by atoms with E-state index >= 15 is 0 Å². The van der Waals surface area contributed by atoms with Crippen molar-refractivity contribution in [3.05, 3.63) is 68.1 Å². The van der Waals surface area contributed by atoms with Crippen molar-refractivity contribution in [1.29, 1.82) is 0 Å². The lowest BCUT2D eigenvalue weighted by molar-refractivity contribution is 0.111. The molecule has 5 nitrogen and oxygen atoms in total. The van der Waals surface area contributed by atoms with Crippen LogP contribution >= 0.6 is 46.1 Å². The predicted octanol–water partition coefficient (Wildman–Crippen LogP) is 7.18. The molecule has 1 unspecified atom stereocenters. The lowest BCUT2D eigenvalue weighted by Gasteiger charge is -2.11. The first-order chi connectivity index (χ1) is 15.0. The molecule has 1 aliphatic rings. The van der Waals surface area contributed by atoms with Crippen LogP contribution in [0.2, 0.25) is 15.1 Å². The first kappa shape index (κ1) is 20.9. The summed E-state index contributed by atoms with van der Waals surface area (Å²) in [4.78, 5) is 0. The number of halogens is 3. The molecule has 158 valence electrons. The van der Waals surface area contributed by atoms with Gasteiger partial charge in [-0.15, -0.1) is 10.2 Å². The third-order valence-electron chi connectivity index (χ3n) is 5.23. The van der Waals surface area contributed by atoms with Gasteiger partial charge in [-0.05, 0) is 50.1 Å². The minimum absolute atomic E-state index is 0.0232. The second-order valence-corrected chi connectivity index (χ2v) is 9.57. The van der Waals surface area contributed by atoms with Gasteiger partial charge in [-0.3, -0.25) is 0 Å². The normalized spacial score (nSPS) is 16.2. The van der Waals surface area contributed by atoms with Crippen LogP contribution in [0.25, 0.3) is 27.6 Å². The van der Waals surface area contributed by atoms with Crippen LogP contribution in [0.15, 0.2) is 42.5 Å². The molecular formula is C22H17Cl3N4OS. The van der Waals surface area contributed by atoms with E-state index in [0.717, 1.165) is 57.7 Å². The number of nitrogens with zero attached hydrogens (tertiary/aromatic N) is 4. The molecule has 2 aromatic carbocycles. The molecule has 1 aliphatic heterocycles. The zero-order valence-electron chi connectivity index (χ0n) is 16.5. The molecule has 5 rings (SSSR count). The van der Waals surface area contributed by atoms with E-state index in [4.69, 9.17) is 44.6 Å². The minimum atomic E-state index is 0.0232. The lowest BCUT2D eigenvalue weighted by Crippen LogP contribution is -2.00. The lowest BCUT2D eigenvalue weighted by atomic mass is 10.1. The number of rotatable bonds is 4. The van der Waals surface area contributed by atoms with Crippen LogP contribution in [0.4, 0.5) is 0 Å². The van der Waals surface area contributed by atoms with Crippen molar-refractivity contribution in [2.75, 3.05) is 6.61 Å². The highest BCUT2D eigenvalue weighted by atomic mass is 35.5. The van der Waals surface area contributed by atoms with Gasteiger partial charge in [0.1, 0.15) is 16.8 Å². The van der Waals surface area contributed by atoms with Crippen molar-refractivity contribution in [2.45, 2.75) is 25.9 Å². The summed E-state index contributed by atoms with van der Waals surface area (Å²) >= 11 is 20.3. The SMILES string of the molecule is Cc1c(-c2nnc(C3CCCO3)s2)nn(-c2ccc(Cl)cc2Cl)c1-c1ccc(Cl)cc1. The first-order valence-electron chi connectivity index (χ1n) is 9.77. The summed E-state index contributed by atoms with van der Waals surface area (Å²) in [6.45, 7) is 2.79. The van der Waals surface area contributed by atoms with Crippen LogP contribution < -0.4 is 0 Å². The molecule has 1 fully saturated rings. The summed E-state index contributed by atoms with van der Waals surface area (Å²) in [5, 5.41) is 17.1. The fourth-order valence-electron chi connectivity index (χ4n) is 3.71. The van der Waals surface area contributed by atoms with Gasteiger partial charge in [0.15, 0.2) is 5.01 Å². The van der Waals surface area contributed by atoms with Crippen molar-refractivity contribution in [3.63, 3.8) is 0 Å². The summed E-state index contributed by atoms with van der Waals surface area (Å²) in [6, 6.07) is 13.0. The molecule has 0 spiro atoms.